The van der Waals surface area contributed by atoms with Crippen molar-refractivity contribution in [3.63, 3.8) is 0 Å². The van der Waals surface area contributed by atoms with Crippen molar-refractivity contribution in [3.05, 3.63) is 247 Å². The van der Waals surface area contributed by atoms with Gasteiger partial charge in [0.2, 0.25) is 0 Å². The fourth-order valence-corrected chi connectivity index (χ4v) is 12.1. The quantitative estimate of drug-likeness (QED) is 0.128. The molecule has 3 aliphatic rings. The lowest BCUT2D eigenvalue weighted by Gasteiger charge is -2.33. The van der Waals surface area contributed by atoms with Gasteiger partial charge in [0.25, 0.3) is 0 Å². The number of anilines is 9. The average Bonchev–Trinajstić information content (AvgIpc) is 4.09. The maximum Gasteiger partial charge on any atom is 0.0503 e. The van der Waals surface area contributed by atoms with Crippen LogP contribution in [0.15, 0.2) is 224 Å². The van der Waals surface area contributed by atoms with Gasteiger partial charge in [-0.3, -0.25) is 0 Å². The van der Waals surface area contributed by atoms with E-state index in [0.717, 1.165) is 63.0 Å². The summed E-state index contributed by atoms with van der Waals surface area (Å²) in [6.07, 6.45) is 5.52. The lowest BCUT2D eigenvalue weighted by atomic mass is 9.82. The third-order valence-corrected chi connectivity index (χ3v) is 15.4. The van der Waals surface area contributed by atoms with E-state index in [4.69, 9.17) is 0 Å². The van der Waals surface area contributed by atoms with Gasteiger partial charge in [-0.15, -0.1) is 0 Å². The van der Waals surface area contributed by atoms with E-state index in [2.05, 4.69) is 260 Å². The summed E-state index contributed by atoms with van der Waals surface area (Å²) in [5, 5.41) is 0. The molecule has 9 aromatic rings. The molecular formula is C65H57N3. The number of para-hydroxylation sites is 3. The fraction of sp³-hybridized carbons (Fsp3) is 0.169. The number of fused-ring (bicyclic) bond motifs is 5. The van der Waals surface area contributed by atoms with Gasteiger partial charge < -0.3 is 14.7 Å². The predicted octanol–water partition coefficient (Wildman–Crippen LogP) is 18.3. The van der Waals surface area contributed by atoms with Crippen LogP contribution in [0.2, 0.25) is 0 Å². The van der Waals surface area contributed by atoms with E-state index in [1.54, 1.807) is 0 Å². The highest BCUT2D eigenvalue weighted by atomic mass is 15.2. The van der Waals surface area contributed by atoms with Crippen molar-refractivity contribution in [2.75, 3.05) is 14.7 Å². The molecule has 0 amide bonds. The largest absolute Gasteiger partial charge is 0.310 e. The van der Waals surface area contributed by atoms with E-state index in [-0.39, 0.29) is 5.41 Å². The number of benzene rings is 9. The SMILES string of the molecule is Cc1cccc2c1-c1ccc(N(c3ccc(-c4ccccc4)cc3)c3cc(N(c4ccccc4)c4ccccc4)cc(N(c4ccccc4)c4ccc(C5CC6CCC5C6)cc4)c3)cc1C2(C)C. The molecule has 12 rings (SSSR count). The molecule has 9 aromatic carbocycles. The molecule has 0 radical (unpaired) electrons. The van der Waals surface area contributed by atoms with E-state index < -0.39 is 0 Å². The predicted molar refractivity (Wildman–Crippen MR) is 286 cm³/mol. The van der Waals surface area contributed by atoms with Gasteiger partial charge in [0.05, 0.1) is 17.1 Å². The first-order chi connectivity index (χ1) is 33.4. The minimum atomic E-state index is -0.172. The smallest absolute Gasteiger partial charge is 0.0503 e. The summed E-state index contributed by atoms with van der Waals surface area (Å²) >= 11 is 0. The molecule has 0 aromatic heterocycles. The van der Waals surface area contributed by atoms with Gasteiger partial charge >= 0.3 is 0 Å². The Morgan fingerprint density at radius 3 is 1.37 bits per heavy atom. The van der Waals surface area contributed by atoms with E-state index in [9.17, 15) is 0 Å². The number of hydrogen-bond acceptors (Lipinski definition) is 3. The summed E-state index contributed by atoms with van der Waals surface area (Å²) in [5.74, 6) is 2.40. The Labute approximate surface area is 402 Å². The highest BCUT2D eigenvalue weighted by Gasteiger charge is 2.40. The molecule has 332 valence electrons. The molecular weight excluding hydrogens is 823 g/mol. The molecule has 2 saturated carbocycles. The molecule has 2 fully saturated rings. The normalized spacial score (nSPS) is 17.4. The summed E-state index contributed by atoms with van der Waals surface area (Å²) in [7, 11) is 0. The molecule has 0 heterocycles. The Kier molecular flexibility index (Phi) is 10.6. The third-order valence-electron chi connectivity index (χ3n) is 15.4. The summed E-state index contributed by atoms with van der Waals surface area (Å²) in [4.78, 5) is 7.33. The molecule has 0 saturated heterocycles. The van der Waals surface area contributed by atoms with Crippen LogP contribution in [0.5, 0.6) is 0 Å². The van der Waals surface area contributed by atoms with E-state index in [1.165, 1.54) is 70.2 Å². The summed E-state index contributed by atoms with van der Waals surface area (Å²) < 4.78 is 0. The minimum Gasteiger partial charge on any atom is -0.310 e. The lowest BCUT2D eigenvalue weighted by Crippen LogP contribution is -2.18. The van der Waals surface area contributed by atoms with Crippen LogP contribution in [0.3, 0.4) is 0 Å². The molecule has 0 spiro atoms. The van der Waals surface area contributed by atoms with Crippen LogP contribution >= 0.6 is 0 Å². The molecule has 3 unspecified atom stereocenters. The van der Waals surface area contributed by atoms with E-state index in [0.29, 0.717) is 5.92 Å². The summed E-state index contributed by atoms with van der Waals surface area (Å²) in [6.45, 7) is 7.02. The molecule has 3 atom stereocenters. The molecule has 3 heteroatoms. The van der Waals surface area contributed by atoms with Crippen molar-refractivity contribution >= 4 is 51.2 Å². The van der Waals surface area contributed by atoms with Crippen molar-refractivity contribution in [1.82, 2.24) is 0 Å². The second-order valence-electron chi connectivity index (χ2n) is 19.9. The molecule has 0 N–H and O–H groups in total. The second-order valence-corrected chi connectivity index (χ2v) is 19.9. The van der Waals surface area contributed by atoms with Crippen LogP contribution in [-0.2, 0) is 5.41 Å². The molecule has 68 heavy (non-hydrogen) atoms. The first-order valence-electron chi connectivity index (χ1n) is 24.6. The molecule has 3 aliphatic carbocycles. The summed E-state index contributed by atoms with van der Waals surface area (Å²) in [5.41, 5.74) is 20.3. The van der Waals surface area contributed by atoms with E-state index >= 15 is 0 Å². The minimum absolute atomic E-state index is 0.172. The zero-order valence-corrected chi connectivity index (χ0v) is 39.3. The van der Waals surface area contributed by atoms with Gasteiger partial charge in [-0.2, -0.15) is 0 Å². The zero-order chi connectivity index (χ0) is 45.8. The lowest BCUT2D eigenvalue weighted by molar-refractivity contribution is 0.420. The number of rotatable bonds is 11. The maximum absolute atomic E-state index is 2.48. The Hall–Kier alpha value is -7.62. The van der Waals surface area contributed by atoms with Crippen molar-refractivity contribution < 1.29 is 0 Å². The fourth-order valence-electron chi connectivity index (χ4n) is 12.1. The first kappa shape index (κ1) is 41.8. The van der Waals surface area contributed by atoms with Gasteiger partial charge in [0.15, 0.2) is 0 Å². The summed E-state index contributed by atoms with van der Waals surface area (Å²) in [6, 6.07) is 83.0. The molecule has 3 nitrogen and oxygen atoms in total. The van der Waals surface area contributed by atoms with Crippen LogP contribution in [0.4, 0.5) is 51.2 Å². The van der Waals surface area contributed by atoms with Crippen LogP contribution in [0.25, 0.3) is 22.3 Å². The van der Waals surface area contributed by atoms with Crippen molar-refractivity contribution in [1.29, 1.82) is 0 Å². The Bertz CT molecular complexity index is 3180. The third kappa shape index (κ3) is 7.47. The monoisotopic (exact) mass is 879 g/mol. The van der Waals surface area contributed by atoms with E-state index in [1.807, 2.05) is 0 Å². The van der Waals surface area contributed by atoms with Gasteiger partial charge in [0.1, 0.15) is 0 Å². The topological polar surface area (TPSA) is 9.72 Å². The number of nitrogens with zero attached hydrogens (tertiary/aromatic N) is 3. The van der Waals surface area contributed by atoms with Gasteiger partial charge in [0, 0.05) is 39.5 Å². The highest BCUT2D eigenvalue weighted by Crippen LogP contribution is 2.55. The zero-order valence-electron chi connectivity index (χ0n) is 39.3. The Morgan fingerprint density at radius 2 is 0.853 bits per heavy atom. The average molecular weight is 880 g/mol. The molecule has 0 aliphatic heterocycles. The van der Waals surface area contributed by atoms with Gasteiger partial charge in [-0.25, -0.2) is 0 Å². The number of aryl methyl sites for hydroxylation is 1. The first-order valence-corrected chi connectivity index (χ1v) is 24.6. The van der Waals surface area contributed by atoms with Crippen LogP contribution in [-0.4, -0.2) is 0 Å². The van der Waals surface area contributed by atoms with Crippen LogP contribution in [0.1, 0.15) is 67.7 Å². The van der Waals surface area contributed by atoms with Crippen LogP contribution < -0.4 is 14.7 Å². The van der Waals surface area contributed by atoms with Crippen LogP contribution in [0, 0.1) is 18.8 Å². The second kappa shape index (κ2) is 17.2. The Balaban J connectivity index is 1.09. The maximum atomic E-state index is 2.48. The van der Waals surface area contributed by atoms with Gasteiger partial charge in [-0.05, 0) is 179 Å². The Morgan fingerprint density at radius 1 is 0.382 bits per heavy atom. The molecule has 2 bridgehead atoms. The number of hydrogen-bond donors (Lipinski definition) is 0. The van der Waals surface area contributed by atoms with Crippen molar-refractivity contribution in [2.45, 2.75) is 57.8 Å². The highest BCUT2D eigenvalue weighted by molar-refractivity contribution is 5.91. The van der Waals surface area contributed by atoms with Gasteiger partial charge in [-0.1, -0.05) is 154 Å². The van der Waals surface area contributed by atoms with Crippen molar-refractivity contribution in [3.8, 4) is 22.3 Å². The standard InChI is InChI=1S/C65H57N3/c1-45-17-16-26-62-64(45)60-38-37-56(44-63(60)65(62,2)3)68(55-33-29-48(30-34-55)47-18-8-4-9-19-47)59-42-57(66(51-20-10-5-11-21-51)52-22-12-6-13-23-52)41-58(43-59)67(53-24-14-7-15-25-53)54-35-31-49(32-36-54)61-40-46-27-28-50(61)39-46/h4-26,29-38,41-44,46,50,61H,27-28,39-40H2,1-3H3. The van der Waals surface area contributed by atoms with Crippen molar-refractivity contribution in [2.24, 2.45) is 11.8 Å².